The number of halogens is 1. The number of hydrogen-bond acceptors (Lipinski definition) is 4. The lowest BCUT2D eigenvalue weighted by Gasteiger charge is -2.11. The Hall–Kier alpha value is -1.29. The summed E-state index contributed by atoms with van der Waals surface area (Å²) in [7, 11) is -1.23. The molecule has 0 aliphatic rings. The van der Waals surface area contributed by atoms with Crippen LogP contribution in [0.25, 0.3) is 6.08 Å². The molecule has 0 spiro atoms. The van der Waals surface area contributed by atoms with Crippen LogP contribution in [0.2, 0.25) is 0 Å². The zero-order valence-corrected chi connectivity index (χ0v) is 11.0. The van der Waals surface area contributed by atoms with Crippen LogP contribution < -0.4 is 0 Å². The van der Waals surface area contributed by atoms with Crippen molar-refractivity contribution in [2.45, 2.75) is 0 Å². The van der Waals surface area contributed by atoms with Crippen molar-refractivity contribution in [2.24, 2.45) is 0 Å². The highest BCUT2D eigenvalue weighted by atomic mass is 31.2. The SMILES string of the molecule is COP(=O)(CC(=O)C(F)=Cc1ccccc1)OC. The molecule has 98 valence electrons. The molecule has 0 aromatic heterocycles. The van der Waals surface area contributed by atoms with Gasteiger partial charge in [-0.25, -0.2) is 4.39 Å². The zero-order chi connectivity index (χ0) is 13.6. The fraction of sp³-hybridized carbons (Fsp3) is 0.250. The number of hydrogen-bond donors (Lipinski definition) is 0. The van der Waals surface area contributed by atoms with Gasteiger partial charge < -0.3 is 9.05 Å². The van der Waals surface area contributed by atoms with Crippen LogP contribution in [-0.2, 0) is 18.4 Å². The standard InChI is InChI=1S/C12H14FO4P/c1-16-18(15,17-2)9-12(14)11(13)8-10-6-4-3-5-7-10/h3-8H,9H2,1-2H3. The van der Waals surface area contributed by atoms with E-state index in [1.807, 2.05) is 0 Å². The van der Waals surface area contributed by atoms with Crippen molar-refractivity contribution in [3.63, 3.8) is 0 Å². The van der Waals surface area contributed by atoms with E-state index in [1.54, 1.807) is 30.3 Å². The molecule has 0 bridgehead atoms. The van der Waals surface area contributed by atoms with Gasteiger partial charge in [-0.05, 0) is 11.6 Å². The summed E-state index contributed by atoms with van der Waals surface area (Å²) in [5.41, 5.74) is 0.549. The van der Waals surface area contributed by atoms with Gasteiger partial charge in [0.15, 0.2) is 5.83 Å². The first-order valence-corrected chi connectivity index (χ1v) is 6.89. The third-order valence-corrected chi connectivity index (χ3v) is 4.04. The third-order valence-electron chi connectivity index (χ3n) is 2.25. The number of allylic oxidation sites excluding steroid dienone is 1. The van der Waals surface area contributed by atoms with Gasteiger partial charge in [0.25, 0.3) is 0 Å². The summed E-state index contributed by atoms with van der Waals surface area (Å²) in [4.78, 5) is 11.5. The first-order chi connectivity index (χ1) is 8.50. The highest BCUT2D eigenvalue weighted by Gasteiger charge is 2.27. The lowest BCUT2D eigenvalue weighted by Crippen LogP contribution is -2.08. The molecule has 0 unspecified atom stereocenters. The van der Waals surface area contributed by atoms with E-state index in [-0.39, 0.29) is 0 Å². The second-order valence-corrected chi connectivity index (χ2v) is 5.73. The number of carbonyl (C=O) groups is 1. The second kappa shape index (κ2) is 6.59. The van der Waals surface area contributed by atoms with E-state index in [0.29, 0.717) is 5.56 Å². The van der Waals surface area contributed by atoms with Gasteiger partial charge >= 0.3 is 7.60 Å². The fourth-order valence-electron chi connectivity index (χ4n) is 1.23. The molecule has 18 heavy (non-hydrogen) atoms. The van der Waals surface area contributed by atoms with Crippen LogP contribution in [0.1, 0.15) is 5.56 Å². The molecule has 4 nitrogen and oxygen atoms in total. The summed E-state index contributed by atoms with van der Waals surface area (Å²) in [6.45, 7) is 0. The molecule has 0 saturated heterocycles. The van der Waals surface area contributed by atoms with Gasteiger partial charge in [-0.3, -0.25) is 9.36 Å². The van der Waals surface area contributed by atoms with Crippen LogP contribution in [0, 0.1) is 0 Å². The van der Waals surface area contributed by atoms with E-state index in [0.717, 1.165) is 20.3 Å². The summed E-state index contributed by atoms with van der Waals surface area (Å²) in [6.07, 6.45) is 0.465. The smallest absolute Gasteiger partial charge is 0.312 e. The molecule has 0 radical (unpaired) electrons. The Kier molecular flexibility index (Phi) is 5.41. The van der Waals surface area contributed by atoms with Gasteiger partial charge in [0.2, 0.25) is 5.78 Å². The maximum Gasteiger partial charge on any atom is 0.337 e. The lowest BCUT2D eigenvalue weighted by atomic mass is 10.2. The molecule has 0 saturated carbocycles. The molecular weight excluding hydrogens is 258 g/mol. The van der Waals surface area contributed by atoms with Crippen molar-refractivity contribution < 1.29 is 22.8 Å². The van der Waals surface area contributed by atoms with E-state index in [2.05, 4.69) is 9.05 Å². The molecule has 0 heterocycles. The van der Waals surface area contributed by atoms with Crippen LogP contribution in [-0.4, -0.2) is 26.2 Å². The molecule has 1 rings (SSSR count). The predicted molar refractivity (Wildman–Crippen MR) is 67.0 cm³/mol. The van der Waals surface area contributed by atoms with Gasteiger partial charge in [0, 0.05) is 14.2 Å². The Morgan fingerprint density at radius 1 is 1.28 bits per heavy atom. The fourth-order valence-corrected chi connectivity index (χ4v) is 2.14. The third kappa shape index (κ3) is 4.18. The maximum absolute atomic E-state index is 13.6. The van der Waals surface area contributed by atoms with E-state index in [4.69, 9.17) is 0 Å². The highest BCUT2D eigenvalue weighted by Crippen LogP contribution is 2.46. The van der Waals surface area contributed by atoms with Crippen molar-refractivity contribution in [1.29, 1.82) is 0 Å². The monoisotopic (exact) mass is 272 g/mol. The number of Topliss-reactive ketones (excluding diaryl/α,β-unsaturated/α-hetero) is 1. The van der Waals surface area contributed by atoms with Crippen molar-refractivity contribution >= 4 is 19.5 Å². The average Bonchev–Trinajstić information content (AvgIpc) is 2.39. The number of benzene rings is 1. The largest absolute Gasteiger partial charge is 0.337 e. The normalized spacial score (nSPS) is 12.5. The van der Waals surface area contributed by atoms with Gasteiger partial charge in [-0.15, -0.1) is 0 Å². The van der Waals surface area contributed by atoms with Crippen LogP contribution in [0.15, 0.2) is 36.2 Å². The number of carbonyl (C=O) groups excluding carboxylic acids is 1. The van der Waals surface area contributed by atoms with E-state index in [9.17, 15) is 13.8 Å². The van der Waals surface area contributed by atoms with Gasteiger partial charge in [0.1, 0.15) is 6.16 Å². The second-order valence-electron chi connectivity index (χ2n) is 3.46. The predicted octanol–water partition coefficient (Wildman–Crippen LogP) is 3.05. The number of rotatable bonds is 6. The van der Waals surface area contributed by atoms with Crippen LogP contribution >= 0.6 is 7.60 Å². The minimum Gasteiger partial charge on any atom is -0.312 e. The van der Waals surface area contributed by atoms with Gasteiger partial charge in [-0.2, -0.15) is 0 Å². The van der Waals surface area contributed by atoms with Crippen molar-refractivity contribution in [1.82, 2.24) is 0 Å². The van der Waals surface area contributed by atoms with Crippen molar-refractivity contribution in [3.8, 4) is 0 Å². The molecule has 0 fully saturated rings. The van der Waals surface area contributed by atoms with Gasteiger partial charge in [0.05, 0.1) is 0 Å². The van der Waals surface area contributed by atoms with E-state index >= 15 is 0 Å². The first-order valence-electron chi connectivity index (χ1n) is 5.17. The summed E-state index contributed by atoms with van der Waals surface area (Å²) < 4.78 is 34.4. The van der Waals surface area contributed by atoms with Crippen LogP contribution in [0.3, 0.4) is 0 Å². The minimum atomic E-state index is -3.53. The van der Waals surface area contributed by atoms with Crippen molar-refractivity contribution in [3.05, 3.63) is 41.7 Å². The molecule has 0 atom stereocenters. The molecule has 0 aliphatic carbocycles. The van der Waals surface area contributed by atoms with Crippen molar-refractivity contribution in [2.75, 3.05) is 20.4 Å². The molecular formula is C12H14FO4P. The first kappa shape index (κ1) is 14.8. The Bertz CT molecular complexity index is 476. The maximum atomic E-state index is 13.6. The van der Waals surface area contributed by atoms with E-state index in [1.165, 1.54) is 0 Å². The lowest BCUT2D eigenvalue weighted by molar-refractivity contribution is -0.114. The van der Waals surface area contributed by atoms with E-state index < -0.39 is 25.4 Å². The number of ketones is 1. The Morgan fingerprint density at radius 3 is 2.33 bits per heavy atom. The van der Waals surface area contributed by atoms with Crippen LogP contribution in [0.4, 0.5) is 4.39 Å². The molecule has 1 aromatic rings. The van der Waals surface area contributed by atoms with Crippen LogP contribution in [0.5, 0.6) is 0 Å². The zero-order valence-electron chi connectivity index (χ0n) is 10.1. The Balaban J connectivity index is 2.79. The molecule has 0 amide bonds. The Morgan fingerprint density at radius 2 is 1.83 bits per heavy atom. The highest BCUT2D eigenvalue weighted by molar-refractivity contribution is 7.54. The summed E-state index contributed by atoms with van der Waals surface area (Å²) >= 11 is 0. The van der Waals surface area contributed by atoms with Gasteiger partial charge in [-0.1, -0.05) is 30.3 Å². The summed E-state index contributed by atoms with van der Waals surface area (Å²) in [5.74, 6) is -1.89. The summed E-state index contributed by atoms with van der Waals surface area (Å²) in [6, 6.07) is 8.52. The quantitative estimate of drug-likeness (QED) is 0.590. The topological polar surface area (TPSA) is 52.6 Å². The molecule has 0 N–H and O–H groups in total. The molecule has 0 aliphatic heterocycles. The Labute approximate surface area is 105 Å². The molecule has 6 heteroatoms. The summed E-state index contributed by atoms with van der Waals surface area (Å²) in [5, 5.41) is 0. The molecule has 1 aromatic carbocycles. The minimum absolute atomic E-state index is 0.549. The average molecular weight is 272 g/mol.